The van der Waals surface area contributed by atoms with Gasteiger partial charge in [0.15, 0.2) is 0 Å². The molecule has 4 heterocycles. The van der Waals surface area contributed by atoms with Gasteiger partial charge < -0.3 is 27.0 Å². The first-order valence-corrected chi connectivity index (χ1v) is 14.4. The van der Waals surface area contributed by atoms with E-state index in [0.717, 1.165) is 64.7 Å². The second-order valence-electron chi connectivity index (χ2n) is 12.0. The number of rotatable bonds is 7. The van der Waals surface area contributed by atoms with Crippen molar-refractivity contribution in [2.45, 2.75) is 108 Å². The molecule has 210 valence electrons. The fourth-order valence-corrected chi connectivity index (χ4v) is 6.86. The van der Waals surface area contributed by atoms with Gasteiger partial charge in [0.1, 0.15) is 6.17 Å². The highest BCUT2D eigenvalue weighted by Gasteiger charge is 2.41. The number of piperidine rings is 2. The van der Waals surface area contributed by atoms with Crippen LogP contribution < -0.4 is 22.1 Å². The Morgan fingerprint density at radius 3 is 2.68 bits per heavy atom. The van der Waals surface area contributed by atoms with Crippen LogP contribution >= 0.6 is 0 Å². The topological polar surface area (TPSA) is 129 Å². The van der Waals surface area contributed by atoms with Gasteiger partial charge in [-0.3, -0.25) is 19.5 Å². The Labute approximate surface area is 221 Å². The van der Waals surface area contributed by atoms with Gasteiger partial charge in [-0.25, -0.2) is 4.39 Å². The van der Waals surface area contributed by atoms with E-state index in [0.29, 0.717) is 37.8 Å². The first-order valence-electron chi connectivity index (χ1n) is 14.4. The van der Waals surface area contributed by atoms with Crippen molar-refractivity contribution in [3.05, 3.63) is 0 Å². The van der Waals surface area contributed by atoms with E-state index in [1.54, 1.807) is 0 Å². The smallest absolute Gasteiger partial charge is 0.228 e. The van der Waals surface area contributed by atoms with Gasteiger partial charge >= 0.3 is 0 Å². The molecule has 0 saturated carbocycles. The molecule has 3 saturated heterocycles. The number of hydrogen-bond donors (Lipinski definition) is 4. The van der Waals surface area contributed by atoms with Crippen molar-refractivity contribution in [1.82, 2.24) is 20.4 Å². The standard InChI is InChI=1S/C27H48FN7O2/c1-3-27(2)10-6-18(28)16-32-20(15-27)24(25(29)30)26(37)33-21-17-31-11-7-22(21)34-13-8-19(9-14-34)35-12-4-5-23(35)36/h16,18-22,24-25,31H,3-15,17,29-30H2,1-2H3,(H,33,37)/b32-16-. The second-order valence-corrected chi connectivity index (χ2v) is 12.0. The highest BCUT2D eigenvalue weighted by molar-refractivity contribution is 5.81. The molecule has 9 nitrogen and oxygen atoms in total. The zero-order valence-corrected chi connectivity index (χ0v) is 22.7. The van der Waals surface area contributed by atoms with Gasteiger partial charge in [-0.1, -0.05) is 20.3 Å². The molecule has 37 heavy (non-hydrogen) atoms. The molecule has 4 aliphatic heterocycles. The fourth-order valence-electron chi connectivity index (χ4n) is 6.86. The summed E-state index contributed by atoms with van der Waals surface area (Å²) in [5.74, 6) is -0.616. The summed E-state index contributed by atoms with van der Waals surface area (Å²) in [5, 5.41) is 6.70. The lowest BCUT2D eigenvalue weighted by atomic mass is 9.73. The minimum absolute atomic E-state index is 0.0727. The molecule has 6 unspecified atom stereocenters. The first kappa shape index (κ1) is 28.4. The van der Waals surface area contributed by atoms with Crippen molar-refractivity contribution < 1.29 is 14.0 Å². The number of likely N-dealkylation sites (tertiary alicyclic amines) is 2. The van der Waals surface area contributed by atoms with Crippen LogP contribution in [0.15, 0.2) is 4.99 Å². The van der Waals surface area contributed by atoms with Crippen molar-refractivity contribution in [3.63, 3.8) is 0 Å². The van der Waals surface area contributed by atoms with Gasteiger partial charge in [-0.2, -0.15) is 0 Å². The molecule has 3 fully saturated rings. The largest absolute Gasteiger partial charge is 0.350 e. The van der Waals surface area contributed by atoms with Crippen LogP contribution in [0, 0.1) is 11.3 Å². The first-order chi connectivity index (χ1) is 17.7. The van der Waals surface area contributed by atoms with E-state index in [2.05, 4.69) is 39.3 Å². The Balaban J connectivity index is 1.42. The maximum Gasteiger partial charge on any atom is 0.228 e. The van der Waals surface area contributed by atoms with Gasteiger partial charge in [0.05, 0.1) is 24.2 Å². The summed E-state index contributed by atoms with van der Waals surface area (Å²) in [5.41, 5.74) is 12.3. The highest BCUT2D eigenvalue weighted by Crippen LogP contribution is 2.38. The average molecular weight is 522 g/mol. The minimum Gasteiger partial charge on any atom is -0.350 e. The van der Waals surface area contributed by atoms with Crippen molar-refractivity contribution in [2.24, 2.45) is 27.8 Å². The van der Waals surface area contributed by atoms with Crippen LogP contribution in [0.3, 0.4) is 0 Å². The quantitative estimate of drug-likeness (QED) is 0.372. The van der Waals surface area contributed by atoms with E-state index in [1.807, 2.05) is 0 Å². The summed E-state index contributed by atoms with van der Waals surface area (Å²) < 4.78 is 14.4. The lowest BCUT2D eigenvalue weighted by molar-refractivity contribution is -0.131. The Hall–Kier alpha value is -1.62. The molecule has 4 rings (SSSR count). The molecule has 6 atom stereocenters. The molecular weight excluding hydrogens is 473 g/mol. The summed E-state index contributed by atoms with van der Waals surface area (Å²) >= 11 is 0. The second kappa shape index (κ2) is 12.5. The number of nitrogens with two attached hydrogens (primary N) is 2. The van der Waals surface area contributed by atoms with Crippen molar-refractivity contribution in [3.8, 4) is 0 Å². The molecule has 0 aliphatic carbocycles. The number of carbonyl (C=O) groups excluding carboxylic acids is 2. The molecule has 6 N–H and O–H groups in total. The fraction of sp³-hybridized carbons (Fsp3) is 0.889. The molecular formula is C27H48FN7O2. The molecule has 0 radical (unpaired) electrons. The molecule has 0 aromatic rings. The number of carbonyl (C=O) groups is 2. The van der Waals surface area contributed by atoms with Crippen molar-refractivity contribution in [2.75, 3.05) is 32.7 Å². The summed E-state index contributed by atoms with van der Waals surface area (Å²) in [6.45, 7) is 8.57. The molecule has 4 aliphatic rings. The lowest BCUT2D eigenvalue weighted by Gasteiger charge is -2.45. The zero-order chi connectivity index (χ0) is 26.6. The molecule has 2 amide bonds. The van der Waals surface area contributed by atoms with Crippen LogP contribution in [0.5, 0.6) is 0 Å². The maximum atomic E-state index is 14.4. The van der Waals surface area contributed by atoms with Gasteiger partial charge in [0, 0.05) is 50.9 Å². The number of nitrogens with zero attached hydrogens (tertiary/aromatic N) is 3. The lowest BCUT2D eigenvalue weighted by Crippen LogP contribution is -2.64. The zero-order valence-electron chi connectivity index (χ0n) is 22.7. The Morgan fingerprint density at radius 2 is 2.03 bits per heavy atom. The van der Waals surface area contributed by atoms with Crippen LogP contribution in [0.1, 0.15) is 71.6 Å². The number of halogens is 1. The van der Waals surface area contributed by atoms with Crippen molar-refractivity contribution >= 4 is 18.0 Å². The van der Waals surface area contributed by atoms with E-state index in [9.17, 15) is 14.0 Å². The van der Waals surface area contributed by atoms with E-state index in [1.165, 1.54) is 6.21 Å². The van der Waals surface area contributed by atoms with Crippen LogP contribution in [-0.4, -0.2) is 97.1 Å². The monoisotopic (exact) mass is 521 g/mol. The number of hydrogen-bond acceptors (Lipinski definition) is 7. The predicted octanol–water partition coefficient (Wildman–Crippen LogP) is 1.16. The van der Waals surface area contributed by atoms with Gasteiger partial charge in [0.2, 0.25) is 11.8 Å². The third kappa shape index (κ3) is 6.88. The van der Waals surface area contributed by atoms with Gasteiger partial charge in [-0.15, -0.1) is 0 Å². The van der Waals surface area contributed by atoms with Gasteiger partial charge in [-0.05, 0) is 56.9 Å². The minimum atomic E-state index is -1.11. The van der Waals surface area contributed by atoms with E-state index < -0.39 is 24.3 Å². The van der Waals surface area contributed by atoms with E-state index in [-0.39, 0.29) is 23.4 Å². The van der Waals surface area contributed by atoms with Gasteiger partial charge in [0.25, 0.3) is 0 Å². The normalized spacial score (nSPS) is 36.3. The van der Waals surface area contributed by atoms with Crippen molar-refractivity contribution in [1.29, 1.82) is 0 Å². The van der Waals surface area contributed by atoms with Crippen LogP contribution in [0.25, 0.3) is 0 Å². The summed E-state index contributed by atoms with van der Waals surface area (Å²) in [4.78, 5) is 35.0. The summed E-state index contributed by atoms with van der Waals surface area (Å²) in [7, 11) is 0. The number of amides is 2. The van der Waals surface area contributed by atoms with Crippen LogP contribution in [0.2, 0.25) is 0 Å². The average Bonchev–Trinajstić information content (AvgIpc) is 3.31. The Kier molecular flexibility index (Phi) is 9.58. The van der Waals surface area contributed by atoms with E-state index >= 15 is 0 Å². The Morgan fingerprint density at radius 1 is 1.27 bits per heavy atom. The van der Waals surface area contributed by atoms with Crippen LogP contribution in [0.4, 0.5) is 4.39 Å². The highest BCUT2D eigenvalue weighted by atomic mass is 19.1. The number of alkyl halides is 1. The molecule has 0 spiro atoms. The van der Waals surface area contributed by atoms with E-state index in [4.69, 9.17) is 11.5 Å². The Bertz CT molecular complexity index is 819. The third-order valence-electron chi connectivity index (χ3n) is 9.44. The SMILES string of the molecule is CCC1(C)CCC(F)/C=N\C(C(C(=O)NC2CNCCC2N2CCC(N3CCCC3=O)CC2)C(N)N)C1. The number of aliphatic imine (C=N–C) groups is 1. The van der Waals surface area contributed by atoms with Crippen LogP contribution in [-0.2, 0) is 9.59 Å². The predicted molar refractivity (Wildman–Crippen MR) is 144 cm³/mol. The molecule has 0 bridgehead atoms. The summed E-state index contributed by atoms with van der Waals surface area (Å²) in [6, 6.07) is 0.0285. The molecule has 10 heteroatoms. The molecule has 0 aromatic heterocycles. The summed E-state index contributed by atoms with van der Waals surface area (Å²) in [6.07, 6.45) is 6.63. The third-order valence-corrected chi connectivity index (χ3v) is 9.44. The molecule has 0 aromatic carbocycles. The number of nitrogens with one attached hydrogen (secondary N) is 2. The maximum absolute atomic E-state index is 14.4.